The Labute approximate surface area is 801 Å². The summed E-state index contributed by atoms with van der Waals surface area (Å²) in [6.07, 6.45) is 85.2. The van der Waals surface area contributed by atoms with Gasteiger partial charge in [-0.15, -0.1) is 0 Å². The molecule has 12 nitrogen and oxygen atoms in total. The van der Waals surface area contributed by atoms with Crippen molar-refractivity contribution in [2.75, 3.05) is 0 Å². The maximum Gasteiger partial charge on any atom is 0.388 e. The quantitative estimate of drug-likeness (QED) is 0.0285. The van der Waals surface area contributed by atoms with Crippen molar-refractivity contribution >= 4 is 36.6 Å². The monoisotopic (exact) mass is 1870 g/mol. The van der Waals surface area contributed by atoms with E-state index in [0.29, 0.717) is 34.6 Å². The van der Waals surface area contributed by atoms with E-state index in [0.717, 1.165) is 175 Å². The molecule has 0 radical (unpaired) electrons. The molecule has 0 saturated carbocycles. The first-order valence-corrected chi connectivity index (χ1v) is 59.4. The SMILES string of the molecule is CCCCCCCCCCCCCC1(CCCCCCCCCCCCC)Op2oc3c(O)c(C(C)(C)C45OP(O4)O5)c(o2)c(c3C23OP(O2)O3)C(CCCCCCCCCCCCC)(c2cc(C(C)(C)C)c(O)cc2C)C(CCCCCCCCCCCCC)(CCCCCCCCCCCCC)C1(CCCCCCCCCCCCC)c1cc(C(C)(C)C)c(O)cc1C. The molecule has 0 aliphatic carbocycles. The lowest BCUT2D eigenvalue weighted by Gasteiger charge is -2.69. The zero-order chi connectivity index (χ0) is 93.4. The number of hydrogen-bond acceptors (Lipinski definition) is 12. The molecule has 3 unspecified atom stereocenters. The summed E-state index contributed by atoms with van der Waals surface area (Å²) in [5.74, 6) is -2.73. The second-order valence-electron chi connectivity index (χ2n) is 44.8. The average Bonchev–Trinajstić information content (AvgIpc) is 1.18. The first-order chi connectivity index (χ1) is 62.8. The summed E-state index contributed by atoms with van der Waals surface area (Å²) in [7, 11) is -5.77. The van der Waals surface area contributed by atoms with E-state index < -0.39 is 75.5 Å². The highest BCUT2D eigenvalue weighted by Gasteiger charge is 2.79. The van der Waals surface area contributed by atoms with Gasteiger partial charge < -0.3 is 23.7 Å². The van der Waals surface area contributed by atoms with E-state index in [2.05, 4.69) is 135 Å². The second kappa shape index (κ2) is 56.7. The van der Waals surface area contributed by atoms with Crippen molar-refractivity contribution in [3.63, 3.8) is 0 Å². The van der Waals surface area contributed by atoms with E-state index in [4.69, 9.17) is 35.5 Å². The molecule has 5 aromatic rings. The fourth-order valence-electron chi connectivity index (χ4n) is 24.4. The molecule has 746 valence electrons. The van der Waals surface area contributed by atoms with Crippen LogP contribution in [0.15, 0.2) is 32.7 Å². The second-order valence-corrected chi connectivity index (χ2v) is 47.8. The van der Waals surface area contributed by atoms with E-state index in [9.17, 15) is 19.8 Å². The molecule has 0 amide bonds. The molecule has 12 rings (SSSR count). The van der Waals surface area contributed by atoms with Gasteiger partial charge in [0.25, 0.3) is 0 Å². The van der Waals surface area contributed by atoms with E-state index in [1.165, 1.54) is 319 Å². The van der Waals surface area contributed by atoms with Gasteiger partial charge in [0.15, 0.2) is 11.3 Å². The molecule has 2 aromatic heterocycles. The minimum absolute atomic E-state index is 0.0880. The van der Waals surface area contributed by atoms with E-state index in [1.807, 2.05) is 0 Å². The number of aryl methyl sites for hydroxylation is 2. The lowest BCUT2D eigenvalue weighted by Crippen LogP contribution is -2.70. The molecule has 6 fully saturated rings. The lowest BCUT2D eigenvalue weighted by atomic mass is 9.35. The van der Waals surface area contributed by atoms with E-state index in [1.54, 1.807) is 0 Å². The van der Waals surface area contributed by atoms with Crippen LogP contribution in [0, 0.1) is 19.3 Å². The molecule has 3 aromatic carbocycles. The van der Waals surface area contributed by atoms with Crippen molar-refractivity contribution < 1.29 is 55.4 Å². The Morgan fingerprint density at radius 2 is 0.554 bits per heavy atom. The van der Waals surface area contributed by atoms with Gasteiger partial charge >= 0.3 is 37.4 Å². The molecule has 0 spiro atoms. The molecular weight excluding hydrogens is 1670 g/mol. The largest absolute Gasteiger partial charge is 0.508 e. The van der Waals surface area contributed by atoms with Crippen LogP contribution >= 0.6 is 25.4 Å². The van der Waals surface area contributed by atoms with Crippen molar-refractivity contribution in [1.29, 1.82) is 0 Å². The Balaban J connectivity index is 1.48. The van der Waals surface area contributed by atoms with Gasteiger partial charge in [-0.2, -0.15) is 0 Å². The molecule has 8 bridgehead atoms. The number of hydrogen-bond donors (Lipinski definition) is 3. The topological polar surface area (TPSA) is 152 Å². The summed E-state index contributed by atoms with van der Waals surface area (Å²) in [5, 5.41) is 41.3. The van der Waals surface area contributed by atoms with Crippen molar-refractivity contribution in [3.05, 3.63) is 74.3 Å². The third-order valence-electron chi connectivity index (χ3n) is 32.0. The van der Waals surface area contributed by atoms with Crippen molar-refractivity contribution in [2.24, 2.45) is 5.41 Å². The Morgan fingerprint density at radius 3 is 0.846 bits per heavy atom. The highest BCUT2D eigenvalue weighted by Crippen LogP contribution is 2.83. The molecule has 7 aliphatic rings. The normalized spacial score (nSPS) is 21.1. The number of phenolic OH excluding ortho intramolecular Hbond substituents is 3. The Kier molecular flexibility index (Phi) is 48.5. The summed E-state index contributed by atoms with van der Waals surface area (Å²) in [6.45, 7) is 36.9. The lowest BCUT2D eigenvalue weighted by molar-refractivity contribution is -0.438. The summed E-state index contributed by atoms with van der Waals surface area (Å²) in [4.78, 5) is 0. The van der Waals surface area contributed by atoms with Crippen LogP contribution < -0.4 is 4.52 Å². The van der Waals surface area contributed by atoms with Crippen LogP contribution in [0.2, 0.25) is 0 Å². The Morgan fingerprint density at radius 1 is 0.285 bits per heavy atom. The predicted molar refractivity (Wildman–Crippen MR) is 553 cm³/mol. The number of fused-ring (bicyclic) bond motifs is 1. The first-order valence-electron chi connectivity index (χ1n) is 56.1. The number of unbranched alkanes of at least 4 members (excludes halogenated alkanes) is 60. The number of rotatable bonds is 77. The van der Waals surface area contributed by atoms with Gasteiger partial charge in [0.1, 0.15) is 17.1 Å². The van der Waals surface area contributed by atoms with Gasteiger partial charge in [-0.1, -0.05) is 519 Å². The average molecular weight is 1870 g/mol. The smallest absolute Gasteiger partial charge is 0.388 e. The van der Waals surface area contributed by atoms with Crippen LogP contribution in [-0.4, -0.2) is 26.9 Å². The van der Waals surface area contributed by atoms with E-state index in [-0.39, 0.29) is 11.3 Å². The molecule has 7 aliphatic heterocycles. The fourth-order valence-corrected chi connectivity index (χ4v) is 28.1. The Hall–Kier alpha value is -2.46. The molecule has 9 heterocycles. The summed E-state index contributed by atoms with van der Waals surface area (Å²) in [6, 6.07) is 9.55. The zero-order valence-corrected chi connectivity index (χ0v) is 89.8. The molecule has 130 heavy (non-hydrogen) atoms. The zero-order valence-electron chi connectivity index (χ0n) is 87.1. The maximum atomic E-state index is 14.5. The molecule has 15 heteroatoms. The highest BCUT2D eigenvalue weighted by molar-refractivity contribution is 7.45. The number of benzene rings is 3. The number of aromatic hydroxyl groups is 3. The van der Waals surface area contributed by atoms with Gasteiger partial charge in [0.2, 0.25) is 0 Å². The van der Waals surface area contributed by atoms with Crippen LogP contribution in [0.5, 0.6) is 17.2 Å². The predicted octanol–water partition coefficient (Wildman–Crippen LogP) is 40.2. The molecular formula is C115H199O12P3. The summed E-state index contributed by atoms with van der Waals surface area (Å²) >= 11 is 0. The van der Waals surface area contributed by atoms with Crippen LogP contribution in [0.25, 0.3) is 11.2 Å². The summed E-state index contributed by atoms with van der Waals surface area (Å²) < 4.78 is 68.0. The van der Waals surface area contributed by atoms with Crippen LogP contribution in [0.4, 0.5) is 0 Å². The minimum Gasteiger partial charge on any atom is -0.508 e. The van der Waals surface area contributed by atoms with Crippen LogP contribution in [0.3, 0.4) is 0 Å². The van der Waals surface area contributed by atoms with Crippen molar-refractivity contribution in [2.45, 2.75) is 618 Å². The van der Waals surface area contributed by atoms with Gasteiger partial charge in [0.05, 0.1) is 22.1 Å². The molecule has 3 N–H and O–H groups in total. The van der Waals surface area contributed by atoms with E-state index >= 15 is 0 Å². The van der Waals surface area contributed by atoms with Crippen LogP contribution in [0.1, 0.15) is 609 Å². The maximum absolute atomic E-state index is 14.5. The first kappa shape index (κ1) is 111. The van der Waals surface area contributed by atoms with Gasteiger partial charge in [-0.25, -0.2) is 13.6 Å². The van der Waals surface area contributed by atoms with Crippen molar-refractivity contribution in [1.82, 2.24) is 0 Å². The third kappa shape index (κ3) is 29.1. The fraction of sp³-hybridized carbons (Fsp3) is 0.843. The van der Waals surface area contributed by atoms with Gasteiger partial charge in [-0.05, 0) is 128 Å². The highest BCUT2D eigenvalue weighted by atomic mass is 31.2. The number of phenols is 3. The van der Waals surface area contributed by atoms with Gasteiger partial charge in [-0.3, -0.25) is 18.1 Å². The summed E-state index contributed by atoms with van der Waals surface area (Å²) in [5.41, 5.74) is 2.95. The third-order valence-corrected chi connectivity index (χ3v) is 35.5. The van der Waals surface area contributed by atoms with Gasteiger partial charge in [0, 0.05) is 16.4 Å². The standard InChI is InChI=1S/C115H199O12P3/c1-17-23-29-35-41-47-53-59-65-71-77-83-110(84-78-72-66-60-54-48-42-36-30-24-18-2)112(87-81-75-69-63-57-51-45-39-33-27-21-5,95-91-97(107(9,10)11)99(116)89-93(95)7)101-102(114-122-129(123-114)124-114)106-104(118)103(109(15,16)115-125-130(126-115)127-115)105(101)119-128(120-106)121-111(85-79-73-67-61-55-49-43-37-31-25-19-3,86-80-74-68-62-56-50-44-38-32-26-20-4)113(110,88-82-76-70-64-58-52-46-40-34-28-22-6)96-92-98(108(12,13)14)100(117)90-94(96)8/h89-92,116-118H,17-88H2,1-16H3. The Bertz CT molecular complexity index is 3730. The van der Waals surface area contributed by atoms with Crippen LogP contribution in [-0.2, 0) is 60.2 Å². The molecule has 6 saturated heterocycles. The minimum atomic E-state index is -2.52. The molecule has 3 atom stereocenters. The van der Waals surface area contributed by atoms with Crippen molar-refractivity contribution in [3.8, 4) is 17.2 Å².